The van der Waals surface area contributed by atoms with Gasteiger partial charge in [-0.3, -0.25) is 9.69 Å². The van der Waals surface area contributed by atoms with Crippen molar-refractivity contribution in [1.82, 2.24) is 4.90 Å². The number of methoxy groups -OCH3 is 1. The van der Waals surface area contributed by atoms with E-state index in [1.54, 1.807) is 12.1 Å². The monoisotopic (exact) mass is 239 g/mol. The maximum atomic E-state index is 13.6. The molecule has 0 atom stereocenters. The number of ether oxygens (including phenoxy) is 1. The summed E-state index contributed by atoms with van der Waals surface area (Å²) in [4.78, 5) is 12.5. The van der Waals surface area contributed by atoms with Gasteiger partial charge in [0.25, 0.3) is 0 Å². The largest absolute Gasteiger partial charge is 0.497 e. The fourth-order valence-corrected chi connectivity index (χ4v) is 1.88. The van der Waals surface area contributed by atoms with Crippen molar-refractivity contribution in [2.45, 2.75) is 6.54 Å². The Kier molecular flexibility index (Phi) is 3.28. The molecular formula is C12H14FNO3. The van der Waals surface area contributed by atoms with E-state index in [-0.39, 0.29) is 11.7 Å². The number of hydrogen-bond acceptors (Lipinski definition) is 3. The first-order valence-electron chi connectivity index (χ1n) is 5.37. The van der Waals surface area contributed by atoms with Crippen molar-refractivity contribution in [1.29, 1.82) is 0 Å². The molecule has 1 saturated heterocycles. The van der Waals surface area contributed by atoms with Crippen LogP contribution in [0.4, 0.5) is 4.39 Å². The Morgan fingerprint density at radius 2 is 2.29 bits per heavy atom. The summed E-state index contributed by atoms with van der Waals surface area (Å²) in [6.07, 6.45) is 0. The van der Waals surface area contributed by atoms with Gasteiger partial charge in [-0.25, -0.2) is 4.39 Å². The molecule has 1 aliphatic heterocycles. The number of likely N-dealkylation sites (tertiary alicyclic amines) is 1. The van der Waals surface area contributed by atoms with Crippen LogP contribution in [0, 0.1) is 11.7 Å². The Hall–Kier alpha value is -1.62. The van der Waals surface area contributed by atoms with Gasteiger partial charge in [0, 0.05) is 31.3 Å². The molecule has 0 aliphatic carbocycles. The average molecular weight is 239 g/mol. The van der Waals surface area contributed by atoms with Crippen LogP contribution in [0.25, 0.3) is 0 Å². The molecule has 0 amide bonds. The Labute approximate surface area is 98.6 Å². The highest BCUT2D eigenvalue weighted by molar-refractivity contribution is 5.71. The van der Waals surface area contributed by atoms with Crippen LogP contribution in [0.15, 0.2) is 18.2 Å². The SMILES string of the molecule is COc1ccc(CN2CC(C(=O)O)C2)c(F)c1. The van der Waals surface area contributed by atoms with Crippen LogP contribution in [-0.2, 0) is 11.3 Å². The van der Waals surface area contributed by atoms with E-state index in [9.17, 15) is 9.18 Å². The van der Waals surface area contributed by atoms with Gasteiger partial charge in [-0.2, -0.15) is 0 Å². The second-order valence-corrected chi connectivity index (χ2v) is 4.19. The summed E-state index contributed by atoms with van der Waals surface area (Å²) in [6.45, 7) is 1.42. The third-order valence-corrected chi connectivity index (χ3v) is 2.96. The molecule has 2 rings (SSSR count). The lowest BCUT2D eigenvalue weighted by atomic mass is 9.99. The van der Waals surface area contributed by atoms with Gasteiger partial charge in [0.05, 0.1) is 13.0 Å². The molecule has 1 aromatic rings. The number of nitrogens with zero attached hydrogens (tertiary/aromatic N) is 1. The van der Waals surface area contributed by atoms with E-state index in [4.69, 9.17) is 9.84 Å². The smallest absolute Gasteiger partial charge is 0.309 e. The highest BCUT2D eigenvalue weighted by Crippen LogP contribution is 2.22. The lowest BCUT2D eigenvalue weighted by Crippen LogP contribution is -2.49. The summed E-state index contributed by atoms with van der Waals surface area (Å²) in [5.74, 6) is -0.922. The molecule has 0 aromatic heterocycles. The third-order valence-electron chi connectivity index (χ3n) is 2.96. The quantitative estimate of drug-likeness (QED) is 0.861. The maximum absolute atomic E-state index is 13.6. The molecule has 0 bridgehead atoms. The van der Waals surface area contributed by atoms with E-state index in [2.05, 4.69) is 0 Å². The average Bonchev–Trinajstić information content (AvgIpc) is 2.23. The molecule has 1 fully saturated rings. The first-order valence-corrected chi connectivity index (χ1v) is 5.37. The Morgan fingerprint density at radius 1 is 1.59 bits per heavy atom. The minimum Gasteiger partial charge on any atom is -0.497 e. The molecule has 92 valence electrons. The molecular weight excluding hydrogens is 225 g/mol. The standard InChI is InChI=1S/C12H14FNO3/c1-17-10-3-2-8(11(13)4-10)5-14-6-9(7-14)12(15)16/h2-4,9H,5-7H2,1H3,(H,15,16). The van der Waals surface area contributed by atoms with Crippen molar-refractivity contribution >= 4 is 5.97 Å². The minimum absolute atomic E-state index is 0.309. The zero-order chi connectivity index (χ0) is 12.4. The number of hydrogen-bond donors (Lipinski definition) is 1. The van der Waals surface area contributed by atoms with Gasteiger partial charge in [-0.1, -0.05) is 6.07 Å². The van der Waals surface area contributed by atoms with Crippen molar-refractivity contribution in [2.75, 3.05) is 20.2 Å². The topological polar surface area (TPSA) is 49.8 Å². The van der Waals surface area contributed by atoms with Gasteiger partial charge in [0.15, 0.2) is 0 Å². The van der Waals surface area contributed by atoms with E-state index < -0.39 is 5.97 Å². The van der Waals surface area contributed by atoms with Gasteiger partial charge < -0.3 is 9.84 Å². The van der Waals surface area contributed by atoms with Crippen molar-refractivity contribution in [3.63, 3.8) is 0 Å². The third kappa shape index (κ3) is 2.55. The molecule has 0 saturated carbocycles. The lowest BCUT2D eigenvalue weighted by Gasteiger charge is -2.36. The molecule has 4 nitrogen and oxygen atoms in total. The molecule has 0 spiro atoms. The van der Waals surface area contributed by atoms with Crippen molar-refractivity contribution in [3.8, 4) is 5.75 Å². The molecule has 1 aromatic carbocycles. The van der Waals surface area contributed by atoms with Crippen LogP contribution in [0.5, 0.6) is 5.75 Å². The molecule has 1 heterocycles. The fourth-order valence-electron chi connectivity index (χ4n) is 1.88. The fraction of sp³-hybridized carbons (Fsp3) is 0.417. The van der Waals surface area contributed by atoms with Crippen molar-refractivity contribution < 1.29 is 19.0 Å². The maximum Gasteiger partial charge on any atom is 0.309 e. The molecule has 17 heavy (non-hydrogen) atoms. The van der Waals surface area contributed by atoms with E-state index in [1.165, 1.54) is 13.2 Å². The van der Waals surface area contributed by atoms with Crippen LogP contribution < -0.4 is 4.74 Å². The Bertz CT molecular complexity index is 430. The van der Waals surface area contributed by atoms with Gasteiger partial charge in [0.1, 0.15) is 11.6 Å². The molecule has 1 N–H and O–H groups in total. The van der Waals surface area contributed by atoms with Gasteiger partial charge in [-0.15, -0.1) is 0 Å². The normalized spacial score (nSPS) is 16.6. The highest BCUT2D eigenvalue weighted by Gasteiger charge is 2.32. The summed E-state index contributed by atoms with van der Waals surface area (Å²) in [5, 5.41) is 8.72. The number of rotatable bonds is 4. The van der Waals surface area contributed by atoms with Gasteiger partial charge >= 0.3 is 5.97 Å². The Balaban J connectivity index is 1.94. The predicted octanol–water partition coefficient (Wildman–Crippen LogP) is 1.35. The zero-order valence-corrected chi connectivity index (χ0v) is 9.52. The first kappa shape index (κ1) is 11.9. The van der Waals surface area contributed by atoms with Crippen LogP contribution in [0.2, 0.25) is 0 Å². The summed E-state index contributed by atoms with van der Waals surface area (Å²) >= 11 is 0. The lowest BCUT2D eigenvalue weighted by molar-refractivity contribution is -0.147. The second kappa shape index (κ2) is 4.71. The zero-order valence-electron chi connectivity index (χ0n) is 9.52. The van der Waals surface area contributed by atoms with Gasteiger partial charge in [-0.05, 0) is 6.07 Å². The van der Waals surface area contributed by atoms with E-state index in [0.717, 1.165) is 0 Å². The number of aliphatic carboxylic acids is 1. The molecule has 5 heteroatoms. The van der Waals surface area contributed by atoms with Crippen molar-refractivity contribution in [2.24, 2.45) is 5.92 Å². The van der Waals surface area contributed by atoms with Crippen LogP contribution in [0.1, 0.15) is 5.56 Å². The first-order chi connectivity index (χ1) is 8.10. The number of carboxylic acid groups (broad SMARTS) is 1. The highest BCUT2D eigenvalue weighted by atomic mass is 19.1. The van der Waals surface area contributed by atoms with E-state index in [1.807, 2.05) is 4.90 Å². The molecule has 1 aliphatic rings. The van der Waals surface area contributed by atoms with E-state index >= 15 is 0 Å². The van der Waals surface area contributed by atoms with Crippen LogP contribution in [-0.4, -0.2) is 36.2 Å². The number of carboxylic acids is 1. The van der Waals surface area contributed by atoms with Crippen LogP contribution >= 0.6 is 0 Å². The van der Waals surface area contributed by atoms with Crippen molar-refractivity contribution in [3.05, 3.63) is 29.6 Å². The summed E-state index contributed by atoms with van der Waals surface area (Å²) < 4.78 is 18.5. The predicted molar refractivity (Wildman–Crippen MR) is 59.4 cm³/mol. The summed E-state index contributed by atoms with van der Waals surface area (Å²) in [6, 6.07) is 4.71. The summed E-state index contributed by atoms with van der Waals surface area (Å²) in [7, 11) is 1.49. The van der Waals surface area contributed by atoms with E-state index in [0.29, 0.717) is 30.9 Å². The molecule has 0 radical (unpaired) electrons. The number of carbonyl (C=O) groups is 1. The number of halogens is 1. The van der Waals surface area contributed by atoms with Crippen LogP contribution in [0.3, 0.4) is 0 Å². The second-order valence-electron chi connectivity index (χ2n) is 4.19. The molecule has 0 unspecified atom stereocenters. The van der Waals surface area contributed by atoms with Gasteiger partial charge in [0.2, 0.25) is 0 Å². The number of benzene rings is 1. The minimum atomic E-state index is -0.781. The summed E-state index contributed by atoms with van der Waals surface area (Å²) in [5.41, 5.74) is 0.564. The Morgan fingerprint density at radius 3 is 2.82 bits per heavy atom.